The minimum atomic E-state index is 0.799. The van der Waals surface area contributed by atoms with Crippen molar-refractivity contribution >= 4 is 11.4 Å². The van der Waals surface area contributed by atoms with E-state index in [1.807, 2.05) is 13.1 Å². The van der Waals surface area contributed by atoms with Gasteiger partial charge in [-0.25, -0.2) is 0 Å². The molecule has 0 spiro atoms. The van der Waals surface area contributed by atoms with Crippen LogP contribution in [-0.2, 0) is 11.3 Å². The molecule has 2 rings (SSSR count). The Morgan fingerprint density at radius 2 is 2.12 bits per heavy atom. The molecule has 3 N–H and O–H groups in total. The molecular formula is C12H19N3O. The van der Waals surface area contributed by atoms with Gasteiger partial charge in [-0.3, -0.25) is 4.90 Å². The maximum atomic E-state index is 5.84. The summed E-state index contributed by atoms with van der Waals surface area (Å²) in [5.41, 5.74) is 8.93. The number of hydrogen-bond acceptors (Lipinski definition) is 4. The summed E-state index contributed by atoms with van der Waals surface area (Å²) >= 11 is 0. The predicted molar refractivity (Wildman–Crippen MR) is 66.5 cm³/mol. The Balaban J connectivity index is 2.03. The SMILES string of the molecule is CNc1cc(CN2CCOCC2)ccc1N. The van der Waals surface area contributed by atoms with Gasteiger partial charge in [0.05, 0.1) is 24.6 Å². The fourth-order valence-corrected chi connectivity index (χ4v) is 1.94. The average molecular weight is 221 g/mol. The standard InChI is InChI=1S/C12H19N3O/c1-14-12-8-10(2-3-11(12)13)9-15-4-6-16-7-5-15/h2-3,8,14H,4-7,9,13H2,1H3. The maximum Gasteiger partial charge on any atom is 0.0594 e. The zero-order valence-corrected chi connectivity index (χ0v) is 9.70. The maximum absolute atomic E-state index is 5.84. The fraction of sp³-hybridized carbons (Fsp3) is 0.500. The van der Waals surface area contributed by atoms with Crippen LogP contribution in [0.5, 0.6) is 0 Å². The second kappa shape index (κ2) is 5.18. The van der Waals surface area contributed by atoms with Crippen LogP contribution in [0.4, 0.5) is 11.4 Å². The second-order valence-corrected chi connectivity index (χ2v) is 4.06. The Morgan fingerprint density at radius 3 is 2.81 bits per heavy atom. The van der Waals surface area contributed by atoms with E-state index in [-0.39, 0.29) is 0 Å². The molecule has 0 aliphatic carbocycles. The van der Waals surface area contributed by atoms with E-state index in [1.165, 1.54) is 5.56 Å². The van der Waals surface area contributed by atoms with Gasteiger partial charge in [0.1, 0.15) is 0 Å². The first-order chi connectivity index (χ1) is 7.79. The quantitative estimate of drug-likeness (QED) is 0.752. The van der Waals surface area contributed by atoms with Crippen LogP contribution in [0.3, 0.4) is 0 Å². The molecule has 1 aromatic carbocycles. The van der Waals surface area contributed by atoms with Crippen molar-refractivity contribution in [1.82, 2.24) is 4.90 Å². The highest BCUT2D eigenvalue weighted by atomic mass is 16.5. The smallest absolute Gasteiger partial charge is 0.0594 e. The summed E-state index contributed by atoms with van der Waals surface area (Å²) in [5, 5.41) is 3.10. The first-order valence-electron chi connectivity index (χ1n) is 5.66. The van der Waals surface area contributed by atoms with Gasteiger partial charge in [0.2, 0.25) is 0 Å². The van der Waals surface area contributed by atoms with Gasteiger partial charge in [-0.05, 0) is 17.7 Å². The van der Waals surface area contributed by atoms with Crippen LogP contribution in [0.25, 0.3) is 0 Å². The highest BCUT2D eigenvalue weighted by Gasteiger charge is 2.11. The van der Waals surface area contributed by atoms with Crippen molar-refractivity contribution < 1.29 is 4.74 Å². The second-order valence-electron chi connectivity index (χ2n) is 4.06. The third kappa shape index (κ3) is 2.65. The number of morpholine rings is 1. The molecule has 0 atom stereocenters. The Bertz CT molecular complexity index is 348. The van der Waals surface area contributed by atoms with Gasteiger partial charge in [-0.15, -0.1) is 0 Å². The van der Waals surface area contributed by atoms with Crippen molar-refractivity contribution in [2.75, 3.05) is 44.4 Å². The van der Waals surface area contributed by atoms with Crippen LogP contribution in [0.2, 0.25) is 0 Å². The van der Waals surface area contributed by atoms with Crippen LogP contribution in [-0.4, -0.2) is 38.3 Å². The molecule has 0 bridgehead atoms. The van der Waals surface area contributed by atoms with Crippen molar-refractivity contribution in [2.24, 2.45) is 0 Å². The van der Waals surface area contributed by atoms with Crippen LogP contribution in [0.1, 0.15) is 5.56 Å². The summed E-state index contributed by atoms with van der Waals surface area (Å²) in [4.78, 5) is 2.40. The molecule has 1 aliphatic heterocycles. The van der Waals surface area contributed by atoms with Gasteiger partial charge in [-0.2, -0.15) is 0 Å². The lowest BCUT2D eigenvalue weighted by Gasteiger charge is -2.26. The van der Waals surface area contributed by atoms with Crippen molar-refractivity contribution in [3.8, 4) is 0 Å². The summed E-state index contributed by atoms with van der Waals surface area (Å²) in [6, 6.07) is 6.16. The monoisotopic (exact) mass is 221 g/mol. The van der Waals surface area contributed by atoms with Gasteiger partial charge in [0.25, 0.3) is 0 Å². The average Bonchev–Trinajstić information content (AvgIpc) is 2.33. The van der Waals surface area contributed by atoms with Gasteiger partial charge in [0, 0.05) is 26.7 Å². The summed E-state index contributed by atoms with van der Waals surface area (Å²) in [5.74, 6) is 0. The topological polar surface area (TPSA) is 50.5 Å². The molecule has 4 nitrogen and oxygen atoms in total. The van der Waals surface area contributed by atoms with Gasteiger partial charge in [0.15, 0.2) is 0 Å². The van der Waals surface area contributed by atoms with Crippen molar-refractivity contribution in [3.63, 3.8) is 0 Å². The minimum absolute atomic E-state index is 0.799. The Kier molecular flexibility index (Phi) is 3.64. The van der Waals surface area contributed by atoms with E-state index in [0.29, 0.717) is 0 Å². The molecule has 0 amide bonds. The molecule has 16 heavy (non-hydrogen) atoms. The Hall–Kier alpha value is -1.26. The zero-order chi connectivity index (χ0) is 11.4. The number of nitrogen functional groups attached to an aromatic ring is 1. The molecule has 0 unspecified atom stereocenters. The molecule has 0 aromatic heterocycles. The third-order valence-corrected chi connectivity index (χ3v) is 2.90. The number of nitrogens with zero attached hydrogens (tertiary/aromatic N) is 1. The van der Waals surface area contributed by atoms with Gasteiger partial charge >= 0.3 is 0 Å². The van der Waals surface area contributed by atoms with Gasteiger partial charge < -0.3 is 15.8 Å². The first kappa shape index (κ1) is 11.2. The normalized spacial score (nSPS) is 17.3. The Morgan fingerprint density at radius 1 is 1.38 bits per heavy atom. The van der Waals surface area contributed by atoms with E-state index in [0.717, 1.165) is 44.2 Å². The van der Waals surface area contributed by atoms with Crippen molar-refractivity contribution in [2.45, 2.75) is 6.54 Å². The molecule has 4 heteroatoms. The number of nitrogens with two attached hydrogens (primary N) is 1. The van der Waals surface area contributed by atoms with Crippen LogP contribution in [0.15, 0.2) is 18.2 Å². The van der Waals surface area contributed by atoms with E-state index >= 15 is 0 Å². The lowest BCUT2D eigenvalue weighted by atomic mass is 10.1. The van der Waals surface area contributed by atoms with E-state index in [2.05, 4.69) is 22.3 Å². The van der Waals surface area contributed by atoms with Crippen LogP contribution < -0.4 is 11.1 Å². The lowest BCUT2D eigenvalue weighted by molar-refractivity contribution is 0.0342. The molecule has 1 aromatic rings. The number of nitrogens with one attached hydrogen (secondary N) is 1. The largest absolute Gasteiger partial charge is 0.397 e. The summed E-state index contributed by atoms with van der Waals surface area (Å²) in [6.45, 7) is 4.68. The number of benzene rings is 1. The molecule has 0 radical (unpaired) electrons. The number of anilines is 2. The molecule has 1 saturated heterocycles. The van der Waals surface area contributed by atoms with E-state index < -0.39 is 0 Å². The molecule has 1 heterocycles. The number of ether oxygens (including phenoxy) is 1. The zero-order valence-electron chi connectivity index (χ0n) is 9.70. The fourth-order valence-electron chi connectivity index (χ4n) is 1.94. The third-order valence-electron chi connectivity index (χ3n) is 2.90. The molecule has 1 aliphatic rings. The molecule has 1 fully saturated rings. The van der Waals surface area contributed by atoms with Crippen LogP contribution in [0, 0.1) is 0 Å². The van der Waals surface area contributed by atoms with Gasteiger partial charge in [-0.1, -0.05) is 6.07 Å². The predicted octanol–water partition coefficient (Wildman–Crippen LogP) is 1.14. The van der Waals surface area contributed by atoms with Crippen LogP contribution >= 0.6 is 0 Å². The van der Waals surface area contributed by atoms with E-state index in [1.54, 1.807) is 0 Å². The summed E-state index contributed by atoms with van der Waals surface area (Å²) in [6.07, 6.45) is 0. The first-order valence-corrected chi connectivity index (χ1v) is 5.66. The number of hydrogen-bond donors (Lipinski definition) is 2. The minimum Gasteiger partial charge on any atom is -0.397 e. The van der Waals surface area contributed by atoms with Crippen molar-refractivity contribution in [3.05, 3.63) is 23.8 Å². The lowest BCUT2D eigenvalue weighted by Crippen LogP contribution is -2.35. The van der Waals surface area contributed by atoms with Crippen molar-refractivity contribution in [1.29, 1.82) is 0 Å². The summed E-state index contributed by atoms with van der Waals surface area (Å²) in [7, 11) is 1.89. The number of rotatable bonds is 3. The highest BCUT2D eigenvalue weighted by molar-refractivity contribution is 5.66. The molecule has 0 saturated carbocycles. The molecule has 88 valence electrons. The van der Waals surface area contributed by atoms with E-state index in [4.69, 9.17) is 10.5 Å². The Labute approximate surface area is 96.4 Å². The highest BCUT2D eigenvalue weighted by Crippen LogP contribution is 2.20. The summed E-state index contributed by atoms with van der Waals surface area (Å²) < 4.78 is 5.33. The molecular weight excluding hydrogens is 202 g/mol. The van der Waals surface area contributed by atoms with E-state index in [9.17, 15) is 0 Å².